The zero-order valence-electron chi connectivity index (χ0n) is 18.8. The molecule has 2 saturated heterocycles. The van der Waals surface area contributed by atoms with E-state index in [0.717, 1.165) is 61.9 Å². The molecule has 0 radical (unpaired) electrons. The van der Waals surface area contributed by atoms with Gasteiger partial charge in [-0.05, 0) is 54.9 Å². The summed E-state index contributed by atoms with van der Waals surface area (Å²) in [6, 6.07) is 14.4. The van der Waals surface area contributed by atoms with E-state index in [1.54, 1.807) is 0 Å². The molecular weight excluding hydrogens is 436 g/mol. The second-order valence-corrected chi connectivity index (χ2v) is 10.1. The molecule has 2 aromatic carbocycles. The molecular formula is C27H29ClN2O3. The van der Waals surface area contributed by atoms with Crippen molar-refractivity contribution in [1.29, 1.82) is 0 Å². The van der Waals surface area contributed by atoms with Crippen molar-refractivity contribution in [3.63, 3.8) is 0 Å². The number of benzene rings is 2. The Labute approximate surface area is 199 Å². The molecule has 3 aliphatic rings. The predicted octanol–water partition coefficient (Wildman–Crippen LogP) is 5.38. The van der Waals surface area contributed by atoms with Gasteiger partial charge < -0.3 is 18.9 Å². The Bertz CT molecular complexity index is 1190. The van der Waals surface area contributed by atoms with E-state index in [1.807, 2.05) is 29.3 Å². The SMILES string of the molecule is O=C(c1cn(CC2CCOCC2)c2cc(Cl)ccc12)N1CCC2(CC1)OCc1ccccc12. The maximum atomic E-state index is 13.7. The van der Waals surface area contributed by atoms with Gasteiger partial charge in [-0.2, -0.15) is 0 Å². The van der Waals surface area contributed by atoms with Crippen LogP contribution in [0.15, 0.2) is 48.7 Å². The second kappa shape index (κ2) is 8.46. The molecule has 0 aliphatic carbocycles. The van der Waals surface area contributed by atoms with Gasteiger partial charge in [0.05, 0.1) is 23.3 Å². The van der Waals surface area contributed by atoms with Crippen molar-refractivity contribution < 1.29 is 14.3 Å². The van der Waals surface area contributed by atoms with E-state index >= 15 is 0 Å². The Morgan fingerprint density at radius 2 is 1.88 bits per heavy atom. The number of carbonyl (C=O) groups excluding carboxylic acids is 1. The number of rotatable bonds is 3. The summed E-state index contributed by atoms with van der Waals surface area (Å²) < 4.78 is 14.0. The first-order valence-electron chi connectivity index (χ1n) is 12.0. The number of amides is 1. The minimum Gasteiger partial charge on any atom is -0.381 e. The topological polar surface area (TPSA) is 43.7 Å². The Morgan fingerprint density at radius 1 is 1.09 bits per heavy atom. The van der Waals surface area contributed by atoms with Gasteiger partial charge in [0.15, 0.2) is 0 Å². The van der Waals surface area contributed by atoms with Gasteiger partial charge in [-0.1, -0.05) is 41.9 Å². The second-order valence-electron chi connectivity index (χ2n) is 9.64. The molecule has 1 spiro atoms. The van der Waals surface area contributed by atoms with Crippen molar-refractivity contribution in [2.24, 2.45) is 5.92 Å². The quantitative estimate of drug-likeness (QED) is 0.522. The molecule has 0 saturated carbocycles. The molecule has 6 rings (SSSR count). The first-order valence-corrected chi connectivity index (χ1v) is 12.4. The summed E-state index contributed by atoms with van der Waals surface area (Å²) in [5.41, 5.74) is 4.17. The van der Waals surface area contributed by atoms with Crippen molar-refractivity contribution in [2.75, 3.05) is 26.3 Å². The maximum Gasteiger partial charge on any atom is 0.256 e. The van der Waals surface area contributed by atoms with Crippen molar-refractivity contribution in [1.82, 2.24) is 9.47 Å². The number of halogens is 1. The van der Waals surface area contributed by atoms with Crippen LogP contribution in [0.5, 0.6) is 0 Å². The van der Waals surface area contributed by atoms with Gasteiger partial charge in [0.25, 0.3) is 5.91 Å². The van der Waals surface area contributed by atoms with E-state index in [1.165, 1.54) is 11.1 Å². The number of piperidine rings is 1. The lowest BCUT2D eigenvalue weighted by Crippen LogP contribution is -2.45. The van der Waals surface area contributed by atoms with E-state index < -0.39 is 0 Å². The molecule has 3 aromatic rings. The summed E-state index contributed by atoms with van der Waals surface area (Å²) in [5, 5.41) is 1.68. The monoisotopic (exact) mass is 464 g/mol. The van der Waals surface area contributed by atoms with Crippen LogP contribution in [-0.2, 0) is 28.2 Å². The molecule has 5 nitrogen and oxygen atoms in total. The van der Waals surface area contributed by atoms with Gasteiger partial charge in [-0.3, -0.25) is 4.79 Å². The molecule has 3 aliphatic heterocycles. The normalized spacial score (nSPS) is 20.5. The van der Waals surface area contributed by atoms with E-state index in [0.29, 0.717) is 30.6 Å². The molecule has 1 amide bonds. The van der Waals surface area contributed by atoms with E-state index in [2.05, 4.69) is 28.8 Å². The molecule has 0 bridgehead atoms. The molecule has 2 fully saturated rings. The maximum absolute atomic E-state index is 13.7. The van der Waals surface area contributed by atoms with Crippen molar-refractivity contribution in [3.8, 4) is 0 Å². The van der Waals surface area contributed by atoms with Crippen molar-refractivity contribution >= 4 is 28.4 Å². The number of fused-ring (bicyclic) bond motifs is 3. The van der Waals surface area contributed by atoms with Gasteiger partial charge in [0.2, 0.25) is 0 Å². The number of hydrogen-bond donors (Lipinski definition) is 0. The minimum absolute atomic E-state index is 0.106. The third-order valence-corrected chi connectivity index (χ3v) is 7.98. The van der Waals surface area contributed by atoms with Crippen LogP contribution in [-0.4, -0.2) is 41.7 Å². The number of likely N-dealkylation sites (tertiary alicyclic amines) is 1. The fourth-order valence-electron chi connectivity index (χ4n) is 5.83. The largest absolute Gasteiger partial charge is 0.381 e. The minimum atomic E-state index is -0.238. The van der Waals surface area contributed by atoms with E-state index in [-0.39, 0.29) is 11.5 Å². The summed E-state index contributed by atoms with van der Waals surface area (Å²) in [7, 11) is 0. The zero-order valence-corrected chi connectivity index (χ0v) is 19.5. The lowest BCUT2D eigenvalue weighted by atomic mass is 9.83. The fourth-order valence-corrected chi connectivity index (χ4v) is 6.00. The Kier molecular flexibility index (Phi) is 5.44. The summed E-state index contributed by atoms with van der Waals surface area (Å²) in [5.74, 6) is 0.667. The molecule has 172 valence electrons. The van der Waals surface area contributed by atoms with Crippen molar-refractivity contribution in [3.05, 3.63) is 70.4 Å². The zero-order chi connectivity index (χ0) is 22.4. The predicted molar refractivity (Wildman–Crippen MR) is 129 cm³/mol. The summed E-state index contributed by atoms with van der Waals surface area (Å²) in [6.07, 6.45) is 5.83. The van der Waals surface area contributed by atoms with Crippen LogP contribution in [0, 0.1) is 5.92 Å². The highest BCUT2D eigenvalue weighted by Gasteiger charge is 2.43. The fraction of sp³-hybridized carbons (Fsp3) is 0.444. The lowest BCUT2D eigenvalue weighted by Gasteiger charge is -2.39. The van der Waals surface area contributed by atoms with E-state index in [4.69, 9.17) is 21.1 Å². The Morgan fingerprint density at radius 3 is 2.70 bits per heavy atom. The van der Waals surface area contributed by atoms with Crippen LogP contribution >= 0.6 is 11.6 Å². The van der Waals surface area contributed by atoms with Gasteiger partial charge in [0, 0.05) is 49.5 Å². The summed E-state index contributed by atoms with van der Waals surface area (Å²) >= 11 is 6.34. The van der Waals surface area contributed by atoms with Gasteiger partial charge in [-0.15, -0.1) is 0 Å². The average Bonchev–Trinajstić information content (AvgIpc) is 3.38. The van der Waals surface area contributed by atoms with Crippen LogP contribution < -0.4 is 0 Å². The molecule has 4 heterocycles. The number of carbonyl (C=O) groups is 1. The number of aromatic nitrogens is 1. The third-order valence-electron chi connectivity index (χ3n) is 7.74. The van der Waals surface area contributed by atoms with Crippen LogP contribution in [0.25, 0.3) is 10.9 Å². The lowest BCUT2D eigenvalue weighted by molar-refractivity contribution is -0.0741. The van der Waals surface area contributed by atoms with E-state index in [9.17, 15) is 4.79 Å². The van der Waals surface area contributed by atoms with Crippen LogP contribution in [0.1, 0.15) is 47.2 Å². The van der Waals surface area contributed by atoms with Gasteiger partial charge in [0.1, 0.15) is 0 Å². The summed E-state index contributed by atoms with van der Waals surface area (Å²) in [6.45, 7) is 4.60. The highest BCUT2D eigenvalue weighted by Crippen LogP contribution is 2.44. The highest BCUT2D eigenvalue weighted by atomic mass is 35.5. The highest BCUT2D eigenvalue weighted by molar-refractivity contribution is 6.31. The Hall–Kier alpha value is -2.34. The first kappa shape index (κ1) is 21.2. The standard InChI is InChI=1S/C27H29ClN2O3/c28-21-5-6-22-23(17-30(25(22)15-21)16-19-7-13-32-14-8-19)26(31)29-11-9-27(10-12-29)24-4-2-1-3-20(24)18-33-27/h1-6,15,17,19H,7-14,16,18H2. The number of nitrogens with zero attached hydrogens (tertiary/aromatic N) is 2. The molecule has 0 unspecified atom stereocenters. The summed E-state index contributed by atoms with van der Waals surface area (Å²) in [4.78, 5) is 15.7. The number of hydrogen-bond acceptors (Lipinski definition) is 3. The van der Waals surface area contributed by atoms with Gasteiger partial charge in [-0.25, -0.2) is 0 Å². The molecule has 0 atom stereocenters. The first-order chi connectivity index (χ1) is 16.1. The average molecular weight is 465 g/mol. The van der Waals surface area contributed by atoms with Crippen LogP contribution in [0.3, 0.4) is 0 Å². The smallest absolute Gasteiger partial charge is 0.256 e. The molecule has 6 heteroatoms. The van der Waals surface area contributed by atoms with Gasteiger partial charge >= 0.3 is 0 Å². The van der Waals surface area contributed by atoms with Crippen molar-refractivity contribution in [2.45, 2.75) is 44.4 Å². The van der Waals surface area contributed by atoms with Crippen LogP contribution in [0.2, 0.25) is 5.02 Å². The number of ether oxygens (including phenoxy) is 2. The Balaban J connectivity index is 1.25. The molecule has 33 heavy (non-hydrogen) atoms. The molecule has 1 aromatic heterocycles. The van der Waals surface area contributed by atoms with Crippen LogP contribution in [0.4, 0.5) is 0 Å². The third kappa shape index (κ3) is 3.76. The molecule has 0 N–H and O–H groups in total.